The normalized spacial score (nSPS) is 14.3. The zero-order valence-corrected chi connectivity index (χ0v) is 20.6. The summed E-state index contributed by atoms with van der Waals surface area (Å²) in [6.45, 7) is 3.58. The molecule has 3 aromatic rings. The number of hydrogen-bond acceptors (Lipinski definition) is 6. The van der Waals surface area contributed by atoms with Crippen LogP contribution in [0.3, 0.4) is 0 Å². The molecule has 1 N–H and O–H groups in total. The van der Waals surface area contributed by atoms with Gasteiger partial charge >= 0.3 is 0 Å². The Morgan fingerprint density at radius 3 is 2.76 bits per heavy atom. The molecule has 1 aliphatic heterocycles. The van der Waals surface area contributed by atoms with Gasteiger partial charge in [0.15, 0.2) is 5.16 Å². The van der Waals surface area contributed by atoms with Crippen LogP contribution in [0.15, 0.2) is 66.0 Å². The summed E-state index contributed by atoms with van der Waals surface area (Å²) in [4.78, 5) is 19.8. The summed E-state index contributed by atoms with van der Waals surface area (Å²) in [7, 11) is 2.15. The number of nitrogens with zero attached hydrogens (tertiary/aromatic N) is 3. The first-order valence-corrected chi connectivity index (χ1v) is 12.8. The zero-order valence-electron chi connectivity index (χ0n) is 19.8. The number of hydrogen-bond donors (Lipinski definition) is 1. The van der Waals surface area contributed by atoms with Crippen LogP contribution in [-0.2, 0) is 11.3 Å². The van der Waals surface area contributed by atoms with E-state index in [-0.39, 0.29) is 5.91 Å². The van der Waals surface area contributed by atoms with Gasteiger partial charge < -0.3 is 14.8 Å². The number of amides is 1. The predicted octanol–water partition coefficient (Wildman–Crippen LogP) is 4.01. The monoisotopic (exact) mass is 480 g/mol. The summed E-state index contributed by atoms with van der Waals surface area (Å²) in [6, 6.07) is 18.2. The molecule has 2 aromatic carbocycles. The number of rotatable bonds is 10. The number of likely N-dealkylation sites (N-methyl/N-ethyl adjacent to an activating group) is 1. The van der Waals surface area contributed by atoms with Crippen molar-refractivity contribution in [1.82, 2.24) is 19.8 Å². The summed E-state index contributed by atoms with van der Waals surface area (Å²) < 4.78 is 13.3. The van der Waals surface area contributed by atoms with Crippen LogP contribution < -0.4 is 10.1 Å². The molecule has 1 saturated heterocycles. The van der Waals surface area contributed by atoms with Crippen molar-refractivity contribution in [3.8, 4) is 11.4 Å². The molecule has 34 heavy (non-hydrogen) atoms. The zero-order chi connectivity index (χ0) is 23.8. The Morgan fingerprint density at radius 2 is 2.00 bits per heavy atom. The standard InChI is InChI=1S/C26H32N4O3S/c1-29(21-11-14-32-15-12-21)13-16-33-23-10-6-7-20(17-23)18-27-25(31)24-19-28-26(34-2)30(24)22-8-4-3-5-9-22/h3-10,17,19,21H,11-16,18H2,1-2H3,(H,27,31). The number of para-hydroxylation sites is 1. The van der Waals surface area contributed by atoms with Crippen molar-refractivity contribution in [2.24, 2.45) is 0 Å². The maximum absolute atomic E-state index is 13.0. The van der Waals surface area contributed by atoms with E-state index in [1.807, 2.05) is 65.4 Å². The molecule has 1 fully saturated rings. The highest BCUT2D eigenvalue weighted by Gasteiger charge is 2.19. The topological polar surface area (TPSA) is 68.6 Å². The fraction of sp³-hybridized carbons (Fsp3) is 0.385. The highest BCUT2D eigenvalue weighted by Crippen LogP contribution is 2.22. The van der Waals surface area contributed by atoms with Crippen LogP contribution in [0.4, 0.5) is 0 Å². The number of benzene rings is 2. The van der Waals surface area contributed by atoms with Gasteiger partial charge in [-0.15, -0.1) is 0 Å². The number of aromatic nitrogens is 2. The molecule has 1 amide bonds. The lowest BCUT2D eigenvalue weighted by molar-refractivity contribution is 0.0392. The smallest absolute Gasteiger partial charge is 0.270 e. The Labute approximate surface area is 205 Å². The number of ether oxygens (including phenoxy) is 2. The van der Waals surface area contributed by atoms with Crippen molar-refractivity contribution in [3.63, 3.8) is 0 Å². The fourth-order valence-electron chi connectivity index (χ4n) is 4.10. The highest BCUT2D eigenvalue weighted by molar-refractivity contribution is 7.98. The Balaban J connectivity index is 1.32. The molecule has 7 nitrogen and oxygen atoms in total. The molecule has 4 rings (SSSR count). The van der Waals surface area contributed by atoms with Crippen molar-refractivity contribution >= 4 is 17.7 Å². The molecular weight excluding hydrogens is 448 g/mol. The summed E-state index contributed by atoms with van der Waals surface area (Å²) in [5.74, 6) is 0.646. The van der Waals surface area contributed by atoms with Crippen molar-refractivity contribution in [3.05, 3.63) is 72.1 Å². The fourth-order valence-corrected chi connectivity index (χ4v) is 4.64. The number of nitrogens with one attached hydrogen (secondary N) is 1. The number of carbonyl (C=O) groups excluding carboxylic acids is 1. The van der Waals surface area contributed by atoms with Gasteiger partial charge in [-0.3, -0.25) is 14.3 Å². The van der Waals surface area contributed by atoms with E-state index in [9.17, 15) is 4.79 Å². The predicted molar refractivity (Wildman–Crippen MR) is 135 cm³/mol. The molecule has 2 heterocycles. The minimum atomic E-state index is -0.166. The lowest BCUT2D eigenvalue weighted by atomic mass is 10.1. The van der Waals surface area contributed by atoms with E-state index < -0.39 is 0 Å². The molecule has 0 bridgehead atoms. The van der Waals surface area contributed by atoms with Gasteiger partial charge in [0.05, 0.1) is 6.20 Å². The maximum atomic E-state index is 13.0. The van der Waals surface area contributed by atoms with Gasteiger partial charge in [-0.05, 0) is 56.0 Å². The van der Waals surface area contributed by atoms with Crippen molar-refractivity contribution < 1.29 is 14.3 Å². The van der Waals surface area contributed by atoms with Crippen LogP contribution in [0.2, 0.25) is 0 Å². The van der Waals surface area contributed by atoms with Gasteiger partial charge in [0.1, 0.15) is 18.1 Å². The lowest BCUT2D eigenvalue weighted by Gasteiger charge is -2.31. The van der Waals surface area contributed by atoms with Gasteiger partial charge in [0, 0.05) is 38.0 Å². The SMILES string of the molecule is CSc1ncc(C(=O)NCc2cccc(OCCN(C)C3CCOCC3)c2)n1-c1ccccc1. The third-order valence-electron chi connectivity index (χ3n) is 6.04. The molecule has 1 aliphatic rings. The number of imidazole rings is 1. The Hall–Kier alpha value is -2.81. The molecule has 180 valence electrons. The molecule has 8 heteroatoms. The van der Waals surface area contributed by atoms with Crippen molar-refractivity contribution in [2.45, 2.75) is 30.6 Å². The van der Waals surface area contributed by atoms with Gasteiger partial charge in [0.2, 0.25) is 0 Å². The molecule has 0 radical (unpaired) electrons. The van der Waals surface area contributed by atoms with Crippen molar-refractivity contribution in [2.75, 3.05) is 39.7 Å². The van der Waals surface area contributed by atoms with E-state index >= 15 is 0 Å². The largest absolute Gasteiger partial charge is 0.492 e. The van der Waals surface area contributed by atoms with E-state index in [0.717, 1.165) is 54.8 Å². The molecule has 0 spiro atoms. The molecule has 0 saturated carbocycles. The highest BCUT2D eigenvalue weighted by atomic mass is 32.2. The third-order valence-corrected chi connectivity index (χ3v) is 6.69. The lowest BCUT2D eigenvalue weighted by Crippen LogP contribution is -2.38. The van der Waals surface area contributed by atoms with Crippen molar-refractivity contribution in [1.29, 1.82) is 0 Å². The van der Waals surface area contributed by atoms with E-state index in [2.05, 4.69) is 22.2 Å². The van der Waals surface area contributed by atoms with Crippen LogP contribution in [-0.4, -0.2) is 66.1 Å². The van der Waals surface area contributed by atoms with Crippen LogP contribution >= 0.6 is 11.8 Å². The first-order valence-electron chi connectivity index (χ1n) is 11.6. The van der Waals surface area contributed by atoms with Gasteiger partial charge in [-0.25, -0.2) is 4.98 Å². The third kappa shape index (κ3) is 6.20. The van der Waals surface area contributed by atoms with Crippen LogP contribution in [0.25, 0.3) is 5.69 Å². The summed E-state index contributed by atoms with van der Waals surface area (Å²) in [5.41, 5.74) is 2.41. The Morgan fingerprint density at radius 1 is 1.21 bits per heavy atom. The van der Waals surface area contributed by atoms with Crippen LogP contribution in [0.1, 0.15) is 28.9 Å². The van der Waals surface area contributed by atoms with E-state index in [4.69, 9.17) is 9.47 Å². The second kappa shape index (κ2) is 12.1. The first kappa shape index (κ1) is 24.3. The summed E-state index contributed by atoms with van der Waals surface area (Å²) >= 11 is 1.51. The maximum Gasteiger partial charge on any atom is 0.270 e. The van der Waals surface area contributed by atoms with E-state index in [1.54, 1.807) is 6.20 Å². The molecular formula is C26H32N4O3S. The van der Waals surface area contributed by atoms with E-state index in [0.29, 0.717) is 24.9 Å². The average molecular weight is 481 g/mol. The second-order valence-electron chi connectivity index (χ2n) is 8.30. The summed E-state index contributed by atoms with van der Waals surface area (Å²) in [6.07, 6.45) is 5.74. The van der Waals surface area contributed by atoms with Crippen LogP contribution in [0.5, 0.6) is 5.75 Å². The average Bonchev–Trinajstić information content (AvgIpc) is 3.33. The second-order valence-corrected chi connectivity index (χ2v) is 9.08. The van der Waals surface area contributed by atoms with Crippen LogP contribution in [0, 0.1) is 0 Å². The Kier molecular flexibility index (Phi) is 8.62. The summed E-state index contributed by atoms with van der Waals surface area (Å²) in [5, 5.41) is 3.80. The number of carbonyl (C=O) groups is 1. The van der Waals surface area contributed by atoms with E-state index in [1.165, 1.54) is 11.8 Å². The quantitative estimate of drug-likeness (QED) is 0.442. The van der Waals surface area contributed by atoms with Gasteiger partial charge in [-0.2, -0.15) is 0 Å². The minimum Gasteiger partial charge on any atom is -0.492 e. The molecule has 1 aromatic heterocycles. The number of thioether (sulfide) groups is 1. The molecule has 0 atom stereocenters. The first-order chi connectivity index (χ1) is 16.7. The molecule has 0 aliphatic carbocycles. The Bertz CT molecular complexity index is 1070. The van der Waals surface area contributed by atoms with Gasteiger partial charge in [-0.1, -0.05) is 42.1 Å². The minimum absolute atomic E-state index is 0.166. The van der Waals surface area contributed by atoms with Gasteiger partial charge in [0.25, 0.3) is 5.91 Å². The molecule has 0 unspecified atom stereocenters.